The summed E-state index contributed by atoms with van der Waals surface area (Å²) in [5.74, 6) is 2.05. The minimum Gasteiger partial charge on any atom is -0.497 e. The molecular formula is C26H22N4O6. The molecular weight excluding hydrogens is 464 g/mol. The van der Waals surface area contributed by atoms with Crippen LogP contribution in [0.4, 0.5) is 5.69 Å². The van der Waals surface area contributed by atoms with Crippen LogP contribution in [0.25, 0.3) is 16.9 Å². The smallest absolute Gasteiger partial charge is 0.280 e. The number of methoxy groups -OCH3 is 1. The second-order valence-electron chi connectivity index (χ2n) is 8.09. The van der Waals surface area contributed by atoms with Crippen LogP contribution >= 0.6 is 0 Å². The number of nitrogens with one attached hydrogen (secondary N) is 1. The number of aromatic nitrogens is 2. The van der Waals surface area contributed by atoms with Gasteiger partial charge in [0.15, 0.2) is 11.5 Å². The van der Waals surface area contributed by atoms with Crippen molar-refractivity contribution in [1.82, 2.24) is 9.78 Å². The molecule has 5 rings (SSSR count). The van der Waals surface area contributed by atoms with E-state index in [0.29, 0.717) is 46.4 Å². The number of benzene rings is 3. The number of non-ortho nitro benzene ring substituents is 1. The second kappa shape index (κ2) is 9.41. The van der Waals surface area contributed by atoms with Gasteiger partial charge in [-0.2, -0.15) is 0 Å². The van der Waals surface area contributed by atoms with Gasteiger partial charge in [-0.15, -0.1) is 0 Å². The van der Waals surface area contributed by atoms with Crippen molar-refractivity contribution in [2.45, 2.75) is 13.5 Å². The SMILES string of the molecule is COc1ccc(-c2[nH]n(-c3ccc([N+](=O)[O-])cc3)c(=O)c2C(C)=NCc2ccc3c(c2)OCO3)cc1. The number of H-pyrrole nitrogens is 1. The summed E-state index contributed by atoms with van der Waals surface area (Å²) in [5.41, 5.74) is 3.29. The number of nitrogens with zero attached hydrogens (tertiary/aromatic N) is 3. The van der Waals surface area contributed by atoms with Crippen molar-refractivity contribution in [3.8, 4) is 34.2 Å². The van der Waals surface area contributed by atoms with Crippen molar-refractivity contribution in [3.05, 3.63) is 98.3 Å². The van der Waals surface area contributed by atoms with Gasteiger partial charge in [-0.1, -0.05) is 6.07 Å². The molecule has 1 N–H and O–H groups in total. The van der Waals surface area contributed by atoms with Crippen LogP contribution in [-0.2, 0) is 6.54 Å². The van der Waals surface area contributed by atoms with Gasteiger partial charge >= 0.3 is 0 Å². The average molecular weight is 486 g/mol. The lowest BCUT2D eigenvalue weighted by atomic mass is 10.0. The van der Waals surface area contributed by atoms with Crippen molar-refractivity contribution in [3.63, 3.8) is 0 Å². The first-order chi connectivity index (χ1) is 17.4. The third kappa shape index (κ3) is 4.31. The van der Waals surface area contributed by atoms with Crippen molar-refractivity contribution in [2.24, 2.45) is 4.99 Å². The molecule has 0 bridgehead atoms. The van der Waals surface area contributed by atoms with Crippen LogP contribution in [0.5, 0.6) is 17.2 Å². The Morgan fingerprint density at radius 2 is 1.81 bits per heavy atom. The zero-order valence-electron chi connectivity index (χ0n) is 19.6. The number of hydrogen-bond donors (Lipinski definition) is 1. The highest BCUT2D eigenvalue weighted by atomic mass is 16.7. The molecule has 0 fully saturated rings. The van der Waals surface area contributed by atoms with E-state index in [1.54, 1.807) is 26.2 Å². The summed E-state index contributed by atoms with van der Waals surface area (Å²) in [5, 5.41) is 14.2. The summed E-state index contributed by atoms with van der Waals surface area (Å²) in [7, 11) is 1.58. The Morgan fingerprint density at radius 1 is 1.08 bits per heavy atom. The molecule has 0 spiro atoms. The Morgan fingerprint density at radius 3 is 2.50 bits per heavy atom. The molecule has 182 valence electrons. The normalized spacial score (nSPS) is 12.6. The zero-order chi connectivity index (χ0) is 25.2. The predicted octanol–water partition coefficient (Wildman–Crippen LogP) is 4.49. The molecule has 0 atom stereocenters. The maximum atomic E-state index is 13.6. The standard InChI is InChI=1S/C26H22N4O6/c1-16(27-14-17-3-12-22-23(13-17)36-15-35-22)24-25(18-4-10-21(34-2)11-5-18)28-29(26(24)31)19-6-8-20(9-7-19)30(32)33/h3-13,28H,14-15H2,1-2H3. The van der Waals surface area contributed by atoms with Crippen molar-refractivity contribution < 1.29 is 19.1 Å². The van der Waals surface area contributed by atoms with E-state index in [1.165, 1.54) is 28.9 Å². The van der Waals surface area contributed by atoms with Crippen LogP contribution in [0, 0.1) is 10.1 Å². The van der Waals surface area contributed by atoms with E-state index in [2.05, 4.69) is 10.1 Å². The largest absolute Gasteiger partial charge is 0.497 e. The summed E-state index contributed by atoms with van der Waals surface area (Å²) in [4.78, 5) is 28.8. The zero-order valence-corrected chi connectivity index (χ0v) is 19.6. The topological polar surface area (TPSA) is 121 Å². The summed E-state index contributed by atoms with van der Waals surface area (Å²) >= 11 is 0. The highest BCUT2D eigenvalue weighted by Crippen LogP contribution is 2.33. The van der Waals surface area contributed by atoms with Crippen molar-refractivity contribution >= 4 is 11.4 Å². The van der Waals surface area contributed by atoms with Gasteiger partial charge in [0.25, 0.3) is 11.2 Å². The molecule has 0 unspecified atom stereocenters. The van der Waals surface area contributed by atoms with Crippen molar-refractivity contribution in [2.75, 3.05) is 13.9 Å². The molecule has 36 heavy (non-hydrogen) atoms. The number of nitro benzene ring substituents is 1. The summed E-state index contributed by atoms with van der Waals surface area (Å²) in [6.45, 7) is 2.31. The molecule has 10 heteroatoms. The monoisotopic (exact) mass is 486 g/mol. The molecule has 3 aromatic carbocycles. The highest BCUT2D eigenvalue weighted by molar-refractivity contribution is 6.03. The van der Waals surface area contributed by atoms with Gasteiger partial charge in [-0.3, -0.25) is 25.0 Å². The fraction of sp³-hybridized carbons (Fsp3) is 0.154. The van der Waals surface area contributed by atoms with E-state index in [0.717, 1.165) is 11.1 Å². The van der Waals surface area contributed by atoms with Crippen LogP contribution in [0.1, 0.15) is 18.1 Å². The number of aliphatic imine (C=N–C) groups is 1. The fourth-order valence-electron chi connectivity index (χ4n) is 3.97. The minimum absolute atomic E-state index is 0.0598. The molecule has 0 saturated carbocycles. The van der Waals surface area contributed by atoms with Gasteiger partial charge < -0.3 is 14.2 Å². The molecule has 0 amide bonds. The summed E-state index contributed by atoms with van der Waals surface area (Å²) in [6.07, 6.45) is 0. The van der Waals surface area contributed by atoms with Crippen LogP contribution in [0.3, 0.4) is 0 Å². The molecule has 0 saturated heterocycles. The Kier molecular flexibility index (Phi) is 5.99. The summed E-state index contributed by atoms with van der Waals surface area (Å²) < 4.78 is 17.4. The third-order valence-corrected chi connectivity index (χ3v) is 5.89. The third-order valence-electron chi connectivity index (χ3n) is 5.89. The molecule has 1 aliphatic rings. The fourth-order valence-corrected chi connectivity index (χ4v) is 3.97. The van der Waals surface area contributed by atoms with Crippen LogP contribution in [-0.4, -0.2) is 34.3 Å². The number of aromatic amines is 1. The van der Waals surface area contributed by atoms with Crippen molar-refractivity contribution in [1.29, 1.82) is 0 Å². The lowest BCUT2D eigenvalue weighted by Gasteiger charge is -2.05. The maximum Gasteiger partial charge on any atom is 0.280 e. The molecule has 1 aromatic heterocycles. The average Bonchev–Trinajstić information content (AvgIpc) is 3.51. The number of rotatable bonds is 7. The first kappa shape index (κ1) is 22.9. The number of hydrogen-bond acceptors (Lipinski definition) is 7. The number of ether oxygens (including phenoxy) is 3. The van der Waals surface area contributed by atoms with Crippen LogP contribution < -0.4 is 19.8 Å². The number of fused-ring (bicyclic) bond motifs is 1. The van der Waals surface area contributed by atoms with Crippen LogP contribution in [0.2, 0.25) is 0 Å². The van der Waals surface area contributed by atoms with Gasteiger partial charge in [0.1, 0.15) is 5.75 Å². The Balaban J connectivity index is 1.56. The molecule has 0 radical (unpaired) electrons. The van der Waals surface area contributed by atoms with E-state index in [-0.39, 0.29) is 18.0 Å². The van der Waals surface area contributed by atoms with Crippen LogP contribution in [0.15, 0.2) is 76.5 Å². The second-order valence-corrected chi connectivity index (χ2v) is 8.09. The van der Waals surface area contributed by atoms with Gasteiger partial charge in [-0.05, 0) is 61.0 Å². The molecule has 10 nitrogen and oxygen atoms in total. The predicted molar refractivity (Wildman–Crippen MR) is 134 cm³/mol. The van der Waals surface area contributed by atoms with Gasteiger partial charge in [0, 0.05) is 23.4 Å². The Labute approximate surface area is 205 Å². The maximum absolute atomic E-state index is 13.6. The highest BCUT2D eigenvalue weighted by Gasteiger charge is 2.20. The Bertz CT molecular complexity index is 1520. The van der Waals surface area contributed by atoms with E-state index < -0.39 is 4.92 Å². The van der Waals surface area contributed by atoms with Gasteiger partial charge in [0.2, 0.25) is 6.79 Å². The quantitative estimate of drug-likeness (QED) is 0.233. The minimum atomic E-state index is -0.484. The van der Waals surface area contributed by atoms with E-state index in [4.69, 9.17) is 14.2 Å². The van der Waals surface area contributed by atoms with E-state index >= 15 is 0 Å². The molecule has 1 aliphatic heterocycles. The van der Waals surface area contributed by atoms with E-state index in [1.807, 2.05) is 30.3 Å². The Hall–Kier alpha value is -4.86. The number of nitro groups is 1. The van der Waals surface area contributed by atoms with E-state index in [9.17, 15) is 14.9 Å². The molecule has 2 heterocycles. The first-order valence-corrected chi connectivity index (χ1v) is 11.1. The molecule has 4 aromatic rings. The summed E-state index contributed by atoms with van der Waals surface area (Å²) in [6, 6.07) is 18.7. The lowest BCUT2D eigenvalue weighted by Crippen LogP contribution is -2.19. The van der Waals surface area contributed by atoms with Gasteiger partial charge in [-0.25, -0.2) is 4.68 Å². The lowest BCUT2D eigenvalue weighted by molar-refractivity contribution is -0.384. The van der Waals surface area contributed by atoms with Gasteiger partial charge in [0.05, 0.1) is 35.5 Å². The molecule has 0 aliphatic carbocycles. The first-order valence-electron chi connectivity index (χ1n) is 11.1.